The van der Waals surface area contributed by atoms with Gasteiger partial charge in [-0.15, -0.1) is 0 Å². The predicted octanol–water partition coefficient (Wildman–Crippen LogP) is 4.78. The maximum Gasteiger partial charge on any atom is 0.338 e. The summed E-state index contributed by atoms with van der Waals surface area (Å²) in [5, 5.41) is 0.683. The summed E-state index contributed by atoms with van der Waals surface area (Å²) in [6.45, 7) is 4.32. The highest BCUT2D eigenvalue weighted by atomic mass is 35.5. The van der Waals surface area contributed by atoms with Crippen molar-refractivity contribution in [1.82, 2.24) is 0 Å². The third-order valence-electron chi connectivity index (χ3n) is 4.12. The Kier molecular flexibility index (Phi) is 4.87. The first-order chi connectivity index (χ1) is 11.2. The molecule has 1 aliphatic rings. The van der Waals surface area contributed by atoms with Gasteiger partial charge >= 0.3 is 5.97 Å². The molecule has 120 valence electrons. The van der Waals surface area contributed by atoms with E-state index in [0.717, 1.165) is 29.9 Å². The lowest BCUT2D eigenvalue weighted by molar-refractivity contribution is 0.0527. The van der Waals surface area contributed by atoms with Crippen molar-refractivity contribution in [2.45, 2.75) is 19.8 Å². The largest absolute Gasteiger partial charge is 0.462 e. The number of carbonyl (C=O) groups is 1. The second-order valence-corrected chi connectivity index (χ2v) is 6.09. The monoisotopic (exact) mass is 329 g/mol. The first-order valence-corrected chi connectivity index (χ1v) is 8.39. The second kappa shape index (κ2) is 7.05. The summed E-state index contributed by atoms with van der Waals surface area (Å²) in [4.78, 5) is 14.6. The van der Waals surface area contributed by atoms with E-state index in [9.17, 15) is 4.79 Å². The summed E-state index contributed by atoms with van der Waals surface area (Å²) in [6, 6.07) is 13.5. The molecular formula is C19H20ClNO2. The van der Waals surface area contributed by atoms with Gasteiger partial charge in [0.15, 0.2) is 0 Å². The Morgan fingerprint density at radius 3 is 2.48 bits per heavy atom. The quantitative estimate of drug-likeness (QED) is 0.756. The molecule has 2 aromatic rings. The van der Waals surface area contributed by atoms with E-state index in [-0.39, 0.29) is 5.97 Å². The minimum Gasteiger partial charge on any atom is -0.462 e. The van der Waals surface area contributed by atoms with E-state index in [4.69, 9.17) is 16.3 Å². The molecule has 0 atom stereocenters. The van der Waals surface area contributed by atoms with Crippen LogP contribution in [0.3, 0.4) is 0 Å². The molecule has 0 radical (unpaired) electrons. The van der Waals surface area contributed by atoms with Gasteiger partial charge in [-0.05, 0) is 61.2 Å². The van der Waals surface area contributed by atoms with Crippen molar-refractivity contribution in [3.05, 3.63) is 53.1 Å². The van der Waals surface area contributed by atoms with Gasteiger partial charge in [-0.3, -0.25) is 0 Å². The second-order valence-electron chi connectivity index (χ2n) is 5.65. The van der Waals surface area contributed by atoms with Crippen molar-refractivity contribution < 1.29 is 9.53 Å². The maximum absolute atomic E-state index is 12.3. The van der Waals surface area contributed by atoms with Crippen LogP contribution >= 0.6 is 11.6 Å². The van der Waals surface area contributed by atoms with Gasteiger partial charge in [-0.2, -0.15) is 0 Å². The third kappa shape index (κ3) is 3.50. The molecule has 0 unspecified atom stereocenters. The first-order valence-electron chi connectivity index (χ1n) is 8.01. The van der Waals surface area contributed by atoms with E-state index in [1.807, 2.05) is 43.3 Å². The molecule has 1 fully saturated rings. The van der Waals surface area contributed by atoms with Crippen LogP contribution in [0.1, 0.15) is 30.1 Å². The van der Waals surface area contributed by atoms with Crippen molar-refractivity contribution in [2.24, 2.45) is 0 Å². The lowest BCUT2D eigenvalue weighted by Gasteiger charge is -2.20. The van der Waals surface area contributed by atoms with Crippen molar-refractivity contribution in [1.29, 1.82) is 0 Å². The fraction of sp³-hybridized carbons (Fsp3) is 0.316. The minimum atomic E-state index is -0.287. The van der Waals surface area contributed by atoms with Crippen LogP contribution in [-0.4, -0.2) is 25.7 Å². The zero-order chi connectivity index (χ0) is 16.2. The van der Waals surface area contributed by atoms with Gasteiger partial charge in [0, 0.05) is 23.8 Å². The maximum atomic E-state index is 12.3. The number of carbonyl (C=O) groups excluding carboxylic acids is 1. The Hall–Kier alpha value is -2.00. The molecule has 0 spiro atoms. The summed E-state index contributed by atoms with van der Waals surface area (Å²) < 4.78 is 5.20. The highest BCUT2D eigenvalue weighted by Gasteiger charge is 2.18. The molecule has 0 amide bonds. The molecule has 4 heteroatoms. The van der Waals surface area contributed by atoms with Gasteiger partial charge < -0.3 is 9.64 Å². The van der Waals surface area contributed by atoms with Gasteiger partial charge in [-0.25, -0.2) is 4.79 Å². The lowest BCUT2D eigenvalue weighted by Crippen LogP contribution is -2.18. The summed E-state index contributed by atoms with van der Waals surface area (Å²) in [5.41, 5.74) is 3.61. The van der Waals surface area contributed by atoms with Gasteiger partial charge in [0.2, 0.25) is 0 Å². The van der Waals surface area contributed by atoms with Crippen molar-refractivity contribution >= 4 is 23.3 Å². The Bertz CT molecular complexity index is 691. The molecule has 1 heterocycles. The molecule has 0 saturated carbocycles. The molecule has 3 rings (SSSR count). The number of nitrogens with zero attached hydrogens (tertiary/aromatic N) is 1. The Labute approximate surface area is 141 Å². The molecule has 3 nitrogen and oxygen atoms in total. The highest BCUT2D eigenvalue weighted by molar-refractivity contribution is 6.30. The van der Waals surface area contributed by atoms with Crippen LogP contribution in [0.5, 0.6) is 0 Å². The zero-order valence-corrected chi connectivity index (χ0v) is 14.0. The number of hydrogen-bond acceptors (Lipinski definition) is 3. The zero-order valence-electron chi connectivity index (χ0n) is 13.2. The van der Waals surface area contributed by atoms with Gasteiger partial charge in [0.25, 0.3) is 0 Å². The van der Waals surface area contributed by atoms with Crippen LogP contribution < -0.4 is 4.90 Å². The summed E-state index contributed by atoms with van der Waals surface area (Å²) in [7, 11) is 0. The smallest absolute Gasteiger partial charge is 0.338 e. The molecule has 0 aliphatic carbocycles. The SMILES string of the molecule is CCOC(=O)c1ccc(N2CCCC2)cc1-c1ccc(Cl)cc1. The average molecular weight is 330 g/mol. The third-order valence-corrected chi connectivity index (χ3v) is 4.38. The fourth-order valence-corrected chi connectivity index (χ4v) is 3.09. The number of esters is 1. The van der Waals surface area contributed by atoms with Gasteiger partial charge in [0.05, 0.1) is 12.2 Å². The Balaban J connectivity index is 2.05. The van der Waals surface area contributed by atoms with Gasteiger partial charge in [0.1, 0.15) is 0 Å². The normalized spacial score (nSPS) is 14.1. The molecule has 23 heavy (non-hydrogen) atoms. The van der Waals surface area contributed by atoms with E-state index in [0.29, 0.717) is 17.2 Å². The Morgan fingerprint density at radius 1 is 1.13 bits per heavy atom. The summed E-state index contributed by atoms with van der Waals surface area (Å²) in [6.07, 6.45) is 2.44. The minimum absolute atomic E-state index is 0.287. The molecule has 0 aromatic heterocycles. The molecule has 1 aliphatic heterocycles. The number of hydrogen-bond donors (Lipinski definition) is 0. The summed E-state index contributed by atoms with van der Waals surface area (Å²) >= 11 is 5.99. The predicted molar refractivity (Wildman–Crippen MR) is 94.3 cm³/mol. The molecular weight excluding hydrogens is 310 g/mol. The van der Waals surface area contributed by atoms with Crippen molar-refractivity contribution in [2.75, 3.05) is 24.6 Å². The van der Waals surface area contributed by atoms with Gasteiger partial charge in [-0.1, -0.05) is 23.7 Å². The van der Waals surface area contributed by atoms with Crippen molar-refractivity contribution in [3.8, 4) is 11.1 Å². The standard InChI is InChI=1S/C19H20ClNO2/c1-2-23-19(22)17-10-9-16(21-11-3-4-12-21)13-18(17)14-5-7-15(20)8-6-14/h5-10,13H,2-4,11-12H2,1H3. The van der Waals surface area contributed by atoms with Crippen LogP contribution in [0.4, 0.5) is 5.69 Å². The van der Waals surface area contributed by atoms with Crippen molar-refractivity contribution in [3.63, 3.8) is 0 Å². The molecule has 2 aromatic carbocycles. The van der Waals surface area contributed by atoms with E-state index in [2.05, 4.69) is 11.0 Å². The number of benzene rings is 2. The number of anilines is 1. The van der Waals surface area contributed by atoms with E-state index >= 15 is 0 Å². The highest BCUT2D eigenvalue weighted by Crippen LogP contribution is 2.31. The van der Waals surface area contributed by atoms with Crippen LogP contribution in [0.25, 0.3) is 11.1 Å². The van der Waals surface area contributed by atoms with Crippen LogP contribution in [-0.2, 0) is 4.74 Å². The topological polar surface area (TPSA) is 29.5 Å². The molecule has 1 saturated heterocycles. The number of ether oxygens (including phenoxy) is 1. The first kappa shape index (κ1) is 15.9. The molecule has 0 N–H and O–H groups in total. The Morgan fingerprint density at radius 2 is 1.83 bits per heavy atom. The fourth-order valence-electron chi connectivity index (χ4n) is 2.96. The van der Waals surface area contributed by atoms with E-state index in [1.165, 1.54) is 12.8 Å². The summed E-state index contributed by atoms with van der Waals surface area (Å²) in [5.74, 6) is -0.287. The van der Waals surface area contributed by atoms with Crippen LogP contribution in [0.15, 0.2) is 42.5 Å². The van der Waals surface area contributed by atoms with Crippen LogP contribution in [0, 0.1) is 0 Å². The average Bonchev–Trinajstić information content (AvgIpc) is 3.10. The molecule has 0 bridgehead atoms. The van der Waals surface area contributed by atoms with E-state index in [1.54, 1.807) is 0 Å². The lowest BCUT2D eigenvalue weighted by atomic mass is 9.98. The number of rotatable bonds is 4. The number of halogens is 1. The van der Waals surface area contributed by atoms with Crippen LogP contribution in [0.2, 0.25) is 5.02 Å². The van der Waals surface area contributed by atoms with E-state index < -0.39 is 0 Å².